The van der Waals surface area contributed by atoms with Crippen molar-refractivity contribution in [1.29, 1.82) is 0 Å². The van der Waals surface area contributed by atoms with Crippen LogP contribution in [0.2, 0.25) is 0 Å². The third kappa shape index (κ3) is 4.69. The molecule has 0 bridgehead atoms. The van der Waals surface area contributed by atoms with Crippen molar-refractivity contribution >= 4 is 11.6 Å². The van der Waals surface area contributed by atoms with Gasteiger partial charge in [0, 0.05) is 5.69 Å². The molecule has 158 valence electrons. The van der Waals surface area contributed by atoms with Crippen molar-refractivity contribution in [3.05, 3.63) is 111 Å². The molecular formula is C23H22N4O4. The van der Waals surface area contributed by atoms with E-state index in [9.17, 15) is 19.2 Å². The minimum Gasteiger partial charge on any atom is -0.325 e. The number of nitrogens with one attached hydrogen (secondary N) is 1. The number of benzene rings is 2. The van der Waals surface area contributed by atoms with Crippen LogP contribution in [0.25, 0.3) is 11.1 Å². The van der Waals surface area contributed by atoms with Crippen molar-refractivity contribution in [2.45, 2.75) is 19.6 Å². The van der Waals surface area contributed by atoms with Crippen LogP contribution >= 0.6 is 0 Å². The normalized spacial score (nSPS) is 10.5. The first-order valence-corrected chi connectivity index (χ1v) is 9.58. The molecule has 0 aliphatic rings. The molecule has 31 heavy (non-hydrogen) atoms. The van der Waals surface area contributed by atoms with Crippen LogP contribution in [0.15, 0.2) is 94.3 Å². The molecule has 0 atom stereocenters. The minimum atomic E-state index is -0.871. The summed E-state index contributed by atoms with van der Waals surface area (Å²) in [4.78, 5) is 50.1. The molecule has 0 unspecified atom stereocenters. The largest absolute Gasteiger partial charge is 0.337 e. The zero-order valence-corrected chi connectivity index (χ0v) is 16.9. The van der Waals surface area contributed by atoms with E-state index >= 15 is 0 Å². The minimum absolute atomic E-state index is 0.0857. The van der Waals surface area contributed by atoms with Crippen LogP contribution in [-0.2, 0) is 24.4 Å². The summed E-state index contributed by atoms with van der Waals surface area (Å²) in [6.07, 6.45) is 2.73. The quantitative estimate of drug-likeness (QED) is 0.565. The molecule has 0 saturated carbocycles. The summed E-state index contributed by atoms with van der Waals surface area (Å²) in [5, 5.41) is 2.67. The fourth-order valence-corrected chi connectivity index (χ4v) is 3.11. The van der Waals surface area contributed by atoms with Crippen LogP contribution in [0.5, 0.6) is 0 Å². The van der Waals surface area contributed by atoms with Crippen LogP contribution in [0, 0.1) is 0 Å². The summed E-state index contributed by atoms with van der Waals surface area (Å²) in [5.74, 6) is -0.569. The smallest absolute Gasteiger partial charge is 0.325 e. The van der Waals surface area contributed by atoms with Gasteiger partial charge in [-0.2, -0.15) is 0 Å². The van der Waals surface area contributed by atoms with Gasteiger partial charge in [-0.05, 0) is 23.3 Å². The molecule has 1 aromatic heterocycles. The van der Waals surface area contributed by atoms with Crippen LogP contribution in [0.4, 0.5) is 5.69 Å². The van der Waals surface area contributed by atoms with Gasteiger partial charge in [0.2, 0.25) is 5.91 Å². The van der Waals surface area contributed by atoms with Crippen LogP contribution < -0.4 is 22.4 Å². The highest BCUT2D eigenvalue weighted by Crippen LogP contribution is 2.20. The Balaban J connectivity index is 1.85. The maximum Gasteiger partial charge on any atom is 0.337 e. The SMILES string of the molecule is C=CCn1c(=O)n(CC=C)c(=O)n(CC(=O)Nc2ccc(-c3ccccc3)cc2)c1=O. The average Bonchev–Trinajstić information content (AvgIpc) is 2.78. The zero-order chi connectivity index (χ0) is 22.4. The summed E-state index contributed by atoms with van der Waals surface area (Å²) >= 11 is 0. The van der Waals surface area contributed by atoms with E-state index in [0.29, 0.717) is 5.69 Å². The van der Waals surface area contributed by atoms with E-state index in [4.69, 9.17) is 0 Å². The van der Waals surface area contributed by atoms with Gasteiger partial charge in [0.1, 0.15) is 6.54 Å². The molecule has 8 nitrogen and oxygen atoms in total. The molecule has 0 fully saturated rings. The molecule has 0 radical (unpaired) electrons. The Bertz CT molecular complexity index is 1230. The molecule has 1 amide bonds. The van der Waals surface area contributed by atoms with Gasteiger partial charge in [0.05, 0.1) is 13.1 Å². The second kappa shape index (κ2) is 9.53. The van der Waals surface area contributed by atoms with Gasteiger partial charge in [0.25, 0.3) is 0 Å². The maximum atomic E-state index is 12.6. The molecule has 0 aliphatic carbocycles. The van der Waals surface area contributed by atoms with Crippen molar-refractivity contribution in [3.8, 4) is 11.1 Å². The monoisotopic (exact) mass is 418 g/mol. The first-order chi connectivity index (χ1) is 15.0. The standard InChI is InChI=1S/C23H22N4O4/c1-3-14-25-21(29)26(15-4-2)23(31)27(22(25)30)16-20(28)24-19-12-10-18(11-13-19)17-8-6-5-7-9-17/h3-13H,1-2,14-16H2,(H,24,28). The van der Waals surface area contributed by atoms with E-state index in [1.54, 1.807) is 12.1 Å². The number of allylic oxidation sites excluding steroid dienone is 2. The highest BCUT2D eigenvalue weighted by molar-refractivity contribution is 5.90. The summed E-state index contributed by atoms with van der Waals surface area (Å²) in [5.41, 5.74) is 0.0268. The molecule has 8 heteroatoms. The topological polar surface area (TPSA) is 95.1 Å². The van der Waals surface area contributed by atoms with Crippen molar-refractivity contribution in [3.63, 3.8) is 0 Å². The number of hydrogen-bond acceptors (Lipinski definition) is 4. The Labute approximate surface area is 178 Å². The summed E-state index contributed by atoms with van der Waals surface area (Å²) in [6.45, 7) is 6.33. The molecular weight excluding hydrogens is 396 g/mol. The van der Waals surface area contributed by atoms with Gasteiger partial charge in [-0.25, -0.2) is 28.1 Å². The van der Waals surface area contributed by atoms with Crippen LogP contribution in [0.3, 0.4) is 0 Å². The highest BCUT2D eigenvalue weighted by Gasteiger charge is 2.16. The maximum absolute atomic E-state index is 12.6. The van der Waals surface area contributed by atoms with Crippen molar-refractivity contribution in [2.24, 2.45) is 0 Å². The molecule has 0 saturated heterocycles. The third-order valence-corrected chi connectivity index (χ3v) is 4.59. The Morgan fingerprint density at radius 3 is 1.74 bits per heavy atom. The number of carbonyl (C=O) groups is 1. The second-order valence-corrected chi connectivity index (χ2v) is 6.72. The fourth-order valence-electron chi connectivity index (χ4n) is 3.11. The number of nitrogens with zero attached hydrogens (tertiary/aromatic N) is 3. The summed E-state index contributed by atoms with van der Waals surface area (Å²) in [6, 6.07) is 17.0. The lowest BCUT2D eigenvalue weighted by Gasteiger charge is -2.12. The lowest BCUT2D eigenvalue weighted by atomic mass is 10.1. The van der Waals surface area contributed by atoms with Gasteiger partial charge in [-0.3, -0.25) is 4.79 Å². The molecule has 0 spiro atoms. The van der Waals surface area contributed by atoms with Crippen molar-refractivity contribution < 1.29 is 4.79 Å². The van der Waals surface area contributed by atoms with E-state index in [1.165, 1.54) is 12.2 Å². The van der Waals surface area contributed by atoms with Crippen LogP contribution in [0.1, 0.15) is 0 Å². The number of rotatable bonds is 8. The van der Waals surface area contributed by atoms with Gasteiger partial charge in [-0.15, -0.1) is 13.2 Å². The number of aromatic nitrogens is 3. The van der Waals surface area contributed by atoms with E-state index < -0.39 is 29.5 Å². The predicted molar refractivity (Wildman–Crippen MR) is 120 cm³/mol. The zero-order valence-electron chi connectivity index (χ0n) is 16.9. The lowest BCUT2D eigenvalue weighted by molar-refractivity contribution is -0.116. The Kier molecular flexibility index (Phi) is 6.61. The third-order valence-electron chi connectivity index (χ3n) is 4.59. The van der Waals surface area contributed by atoms with Gasteiger partial charge >= 0.3 is 17.1 Å². The number of anilines is 1. The predicted octanol–water partition coefficient (Wildman–Crippen LogP) is 1.85. The molecule has 1 heterocycles. The van der Waals surface area contributed by atoms with E-state index in [1.807, 2.05) is 42.5 Å². The van der Waals surface area contributed by atoms with E-state index in [0.717, 1.165) is 24.8 Å². The van der Waals surface area contributed by atoms with E-state index in [2.05, 4.69) is 18.5 Å². The Morgan fingerprint density at radius 1 is 0.742 bits per heavy atom. The molecule has 3 rings (SSSR count). The molecule has 1 N–H and O–H groups in total. The second-order valence-electron chi connectivity index (χ2n) is 6.72. The van der Waals surface area contributed by atoms with Gasteiger partial charge < -0.3 is 5.32 Å². The highest BCUT2D eigenvalue weighted by atomic mass is 16.2. The first-order valence-electron chi connectivity index (χ1n) is 9.58. The first kappa shape index (κ1) is 21.5. The Hall–Kier alpha value is -4.20. The fraction of sp³-hybridized carbons (Fsp3) is 0.130. The van der Waals surface area contributed by atoms with Crippen molar-refractivity contribution in [2.75, 3.05) is 5.32 Å². The average molecular weight is 418 g/mol. The summed E-state index contributed by atoms with van der Waals surface area (Å²) < 4.78 is 2.42. The summed E-state index contributed by atoms with van der Waals surface area (Å²) in [7, 11) is 0. The van der Waals surface area contributed by atoms with E-state index in [-0.39, 0.29) is 13.1 Å². The lowest BCUT2D eigenvalue weighted by Crippen LogP contribution is -2.55. The molecule has 2 aromatic carbocycles. The van der Waals surface area contributed by atoms with Crippen LogP contribution in [-0.4, -0.2) is 19.6 Å². The number of carbonyl (C=O) groups excluding carboxylic acids is 1. The number of hydrogen-bond donors (Lipinski definition) is 1. The molecule has 3 aromatic rings. The Morgan fingerprint density at radius 2 is 1.23 bits per heavy atom. The molecule has 0 aliphatic heterocycles. The van der Waals surface area contributed by atoms with Crippen molar-refractivity contribution in [1.82, 2.24) is 13.7 Å². The van der Waals surface area contributed by atoms with Gasteiger partial charge in [-0.1, -0.05) is 54.6 Å². The number of amides is 1. The van der Waals surface area contributed by atoms with Gasteiger partial charge in [0.15, 0.2) is 0 Å².